The van der Waals surface area contributed by atoms with Crippen molar-refractivity contribution < 1.29 is 14.3 Å². The molecule has 6 heteroatoms. The summed E-state index contributed by atoms with van der Waals surface area (Å²) in [5, 5.41) is 0. The maximum atomic E-state index is 13.1. The smallest absolute Gasteiger partial charge is 0.254 e. The van der Waals surface area contributed by atoms with Crippen LogP contribution in [0.2, 0.25) is 0 Å². The van der Waals surface area contributed by atoms with Crippen molar-refractivity contribution in [2.45, 2.75) is 12.8 Å². The zero-order chi connectivity index (χ0) is 18.8. The fourth-order valence-electron chi connectivity index (χ4n) is 3.58. The average molecular weight is 363 g/mol. The molecule has 6 nitrogen and oxygen atoms in total. The van der Waals surface area contributed by atoms with Gasteiger partial charge in [-0.2, -0.15) is 0 Å². The van der Waals surface area contributed by atoms with E-state index in [0.29, 0.717) is 24.5 Å². The molecule has 1 fully saturated rings. The van der Waals surface area contributed by atoms with E-state index in [4.69, 9.17) is 4.74 Å². The molecule has 0 N–H and O–H groups in total. The van der Waals surface area contributed by atoms with Crippen LogP contribution < -0.4 is 4.74 Å². The SMILES string of the molecule is Cn1ccnc1C(=O)C1CCCN(C(=O)C2=Cc3ccccc3OC=C2)C1. The second kappa shape index (κ2) is 7.23. The van der Waals surface area contributed by atoms with Crippen molar-refractivity contribution in [1.82, 2.24) is 14.5 Å². The van der Waals surface area contributed by atoms with Gasteiger partial charge in [-0.15, -0.1) is 0 Å². The number of para-hydroxylation sites is 1. The molecule has 0 aliphatic carbocycles. The van der Waals surface area contributed by atoms with Crippen LogP contribution >= 0.6 is 0 Å². The van der Waals surface area contributed by atoms with E-state index in [1.54, 1.807) is 27.9 Å². The van der Waals surface area contributed by atoms with Crippen LogP contribution in [0, 0.1) is 5.92 Å². The lowest BCUT2D eigenvalue weighted by Crippen LogP contribution is -2.43. The van der Waals surface area contributed by atoms with Crippen molar-refractivity contribution in [3.8, 4) is 5.75 Å². The summed E-state index contributed by atoms with van der Waals surface area (Å²) in [4.78, 5) is 31.8. The molecule has 1 aromatic carbocycles. The van der Waals surface area contributed by atoms with Gasteiger partial charge in [0.15, 0.2) is 5.82 Å². The van der Waals surface area contributed by atoms with E-state index in [0.717, 1.165) is 24.2 Å². The Morgan fingerprint density at radius 1 is 1.26 bits per heavy atom. The first kappa shape index (κ1) is 17.3. The number of likely N-dealkylation sites (tertiary alicyclic amines) is 1. The number of rotatable bonds is 3. The van der Waals surface area contributed by atoms with Crippen molar-refractivity contribution >= 4 is 17.8 Å². The number of benzene rings is 1. The van der Waals surface area contributed by atoms with E-state index in [-0.39, 0.29) is 17.6 Å². The first-order chi connectivity index (χ1) is 13.1. The molecular weight excluding hydrogens is 342 g/mol. The van der Waals surface area contributed by atoms with E-state index in [1.165, 1.54) is 6.26 Å². The van der Waals surface area contributed by atoms with Crippen LogP contribution in [-0.2, 0) is 11.8 Å². The van der Waals surface area contributed by atoms with Crippen LogP contribution in [0.4, 0.5) is 0 Å². The molecule has 4 rings (SSSR count). The van der Waals surface area contributed by atoms with Crippen molar-refractivity contribution in [3.63, 3.8) is 0 Å². The highest BCUT2D eigenvalue weighted by molar-refractivity contribution is 6.02. The summed E-state index contributed by atoms with van der Waals surface area (Å²) in [6, 6.07) is 7.59. The highest BCUT2D eigenvalue weighted by Gasteiger charge is 2.31. The Balaban J connectivity index is 1.53. The lowest BCUT2D eigenvalue weighted by Gasteiger charge is -2.32. The Labute approximate surface area is 157 Å². The fraction of sp³-hybridized carbons (Fsp3) is 0.286. The Kier molecular flexibility index (Phi) is 4.62. The van der Waals surface area contributed by atoms with E-state index in [9.17, 15) is 9.59 Å². The second-order valence-corrected chi connectivity index (χ2v) is 6.87. The summed E-state index contributed by atoms with van der Waals surface area (Å²) >= 11 is 0. The third-order valence-corrected chi connectivity index (χ3v) is 5.04. The number of nitrogens with zero attached hydrogens (tertiary/aromatic N) is 3. The number of imidazole rings is 1. The topological polar surface area (TPSA) is 64.4 Å². The molecule has 1 saturated heterocycles. The number of ketones is 1. The van der Waals surface area contributed by atoms with Crippen LogP contribution in [0.3, 0.4) is 0 Å². The molecule has 1 amide bonds. The van der Waals surface area contributed by atoms with Gasteiger partial charge >= 0.3 is 0 Å². The van der Waals surface area contributed by atoms with Gasteiger partial charge in [0.25, 0.3) is 5.91 Å². The lowest BCUT2D eigenvalue weighted by atomic mass is 9.92. The molecule has 0 radical (unpaired) electrons. The quantitative estimate of drug-likeness (QED) is 0.787. The Hall–Kier alpha value is -3.15. The minimum Gasteiger partial charge on any atom is -0.464 e. The largest absolute Gasteiger partial charge is 0.464 e. The maximum Gasteiger partial charge on any atom is 0.254 e. The summed E-state index contributed by atoms with van der Waals surface area (Å²) < 4.78 is 7.30. The van der Waals surface area contributed by atoms with Crippen LogP contribution in [0.5, 0.6) is 5.75 Å². The van der Waals surface area contributed by atoms with Crippen LogP contribution in [0.1, 0.15) is 29.0 Å². The zero-order valence-corrected chi connectivity index (χ0v) is 15.2. The minimum atomic E-state index is -0.220. The number of carbonyl (C=O) groups excluding carboxylic acids is 2. The van der Waals surface area contributed by atoms with Gasteiger partial charge in [0.1, 0.15) is 5.75 Å². The van der Waals surface area contributed by atoms with E-state index in [1.807, 2.05) is 37.4 Å². The van der Waals surface area contributed by atoms with Crippen molar-refractivity contribution in [2.24, 2.45) is 13.0 Å². The number of ether oxygens (including phenoxy) is 1. The highest BCUT2D eigenvalue weighted by Crippen LogP contribution is 2.27. The zero-order valence-electron chi connectivity index (χ0n) is 15.2. The number of hydrogen-bond acceptors (Lipinski definition) is 4. The van der Waals surface area contributed by atoms with Gasteiger partial charge in [-0.1, -0.05) is 18.2 Å². The summed E-state index contributed by atoms with van der Waals surface area (Å²) in [7, 11) is 1.81. The Morgan fingerprint density at radius 3 is 2.93 bits per heavy atom. The molecule has 3 heterocycles. The van der Waals surface area contributed by atoms with E-state index in [2.05, 4.69) is 4.98 Å². The number of Topliss-reactive ketones (excluding diaryl/α,β-unsaturated/α-hetero) is 1. The van der Waals surface area contributed by atoms with Crippen molar-refractivity contribution in [1.29, 1.82) is 0 Å². The summed E-state index contributed by atoms with van der Waals surface area (Å²) in [6.45, 7) is 1.06. The summed E-state index contributed by atoms with van der Waals surface area (Å²) in [5.41, 5.74) is 1.42. The van der Waals surface area contributed by atoms with Gasteiger partial charge in [0, 0.05) is 49.6 Å². The van der Waals surface area contributed by atoms with Crippen LogP contribution in [0.15, 0.2) is 54.6 Å². The molecule has 1 unspecified atom stereocenters. The predicted octanol–water partition coefficient (Wildman–Crippen LogP) is 2.83. The van der Waals surface area contributed by atoms with Gasteiger partial charge in [0.05, 0.1) is 6.26 Å². The number of hydrogen-bond donors (Lipinski definition) is 0. The number of piperidine rings is 1. The monoisotopic (exact) mass is 363 g/mol. The Bertz CT molecular complexity index is 942. The van der Waals surface area contributed by atoms with Crippen LogP contribution in [0.25, 0.3) is 6.08 Å². The van der Waals surface area contributed by atoms with Gasteiger partial charge in [0.2, 0.25) is 5.78 Å². The standard InChI is InChI=1S/C21H21N3O3/c1-23-11-9-22-20(23)19(25)17-6-4-10-24(14-17)21(26)16-8-12-27-18-7-3-2-5-15(18)13-16/h2-3,5,7-9,11-13,17H,4,6,10,14H2,1H3. The third kappa shape index (κ3) is 3.43. The first-order valence-corrected chi connectivity index (χ1v) is 9.08. The molecule has 1 aromatic heterocycles. The maximum absolute atomic E-state index is 13.1. The average Bonchev–Trinajstić information content (AvgIpc) is 3.00. The van der Waals surface area contributed by atoms with E-state index >= 15 is 0 Å². The van der Waals surface area contributed by atoms with Gasteiger partial charge < -0.3 is 14.2 Å². The number of aryl methyl sites for hydroxylation is 1. The molecule has 2 aliphatic rings. The second-order valence-electron chi connectivity index (χ2n) is 6.87. The minimum absolute atomic E-state index is 0.000864. The van der Waals surface area contributed by atoms with Crippen molar-refractivity contribution in [3.05, 3.63) is 66.0 Å². The number of aromatic nitrogens is 2. The molecule has 0 saturated carbocycles. The molecule has 138 valence electrons. The van der Waals surface area contributed by atoms with Crippen LogP contribution in [-0.4, -0.2) is 39.2 Å². The first-order valence-electron chi connectivity index (χ1n) is 9.08. The Morgan fingerprint density at radius 2 is 2.11 bits per heavy atom. The third-order valence-electron chi connectivity index (χ3n) is 5.04. The van der Waals surface area contributed by atoms with Gasteiger partial charge in [-0.3, -0.25) is 9.59 Å². The van der Waals surface area contributed by atoms with Gasteiger partial charge in [-0.25, -0.2) is 4.98 Å². The highest BCUT2D eigenvalue weighted by atomic mass is 16.5. The number of fused-ring (bicyclic) bond motifs is 1. The predicted molar refractivity (Wildman–Crippen MR) is 101 cm³/mol. The molecule has 2 aromatic rings. The molecular formula is C21H21N3O3. The summed E-state index contributed by atoms with van der Waals surface area (Å²) in [5.74, 6) is 0.869. The normalized spacial score (nSPS) is 18.9. The van der Waals surface area contributed by atoms with Crippen molar-refractivity contribution in [2.75, 3.05) is 13.1 Å². The van der Waals surface area contributed by atoms with E-state index < -0.39 is 0 Å². The lowest BCUT2D eigenvalue weighted by molar-refractivity contribution is -0.128. The summed E-state index contributed by atoms with van der Waals surface area (Å²) in [6.07, 6.45) is 10.0. The molecule has 2 aliphatic heterocycles. The number of amides is 1. The fourth-order valence-corrected chi connectivity index (χ4v) is 3.58. The number of carbonyl (C=O) groups is 2. The van der Waals surface area contributed by atoms with Gasteiger partial charge in [-0.05, 0) is 31.1 Å². The molecule has 0 spiro atoms. The molecule has 27 heavy (non-hydrogen) atoms. The molecule has 0 bridgehead atoms. The molecule has 1 atom stereocenters.